The minimum absolute atomic E-state index is 0.315. The van der Waals surface area contributed by atoms with Crippen LogP contribution in [0.5, 0.6) is 5.75 Å². The number of hydrogen-bond acceptors (Lipinski definition) is 2. The molecule has 0 atom stereocenters. The van der Waals surface area contributed by atoms with E-state index in [1.807, 2.05) is 36.4 Å². The third kappa shape index (κ3) is 7.20. The number of hydrogen-bond donors (Lipinski definition) is 0. The van der Waals surface area contributed by atoms with E-state index in [2.05, 4.69) is 200 Å². The third-order valence-electron chi connectivity index (χ3n) is 10.1. The molecule has 0 aliphatic carbocycles. The number of rotatable bonds is 9. The molecular formula is C50H42BO2P. The van der Waals surface area contributed by atoms with Crippen LogP contribution >= 0.6 is 7.26 Å². The van der Waals surface area contributed by atoms with Gasteiger partial charge in [0.25, 0.3) is 0 Å². The Balaban J connectivity index is 0.000000168. The van der Waals surface area contributed by atoms with Gasteiger partial charge < -0.3 is 4.74 Å². The first-order chi connectivity index (χ1) is 26.6. The molecule has 0 aliphatic rings. The van der Waals surface area contributed by atoms with Crippen molar-refractivity contribution in [3.8, 4) is 5.75 Å². The molecule has 8 rings (SSSR count). The Morgan fingerprint density at radius 3 is 0.926 bits per heavy atom. The van der Waals surface area contributed by atoms with Crippen molar-refractivity contribution in [3.63, 3.8) is 0 Å². The van der Waals surface area contributed by atoms with Gasteiger partial charge in [-0.1, -0.05) is 188 Å². The Hall–Kier alpha value is -6.28. The zero-order chi connectivity index (χ0) is 37.1. The second-order valence-corrected chi connectivity index (χ2v) is 16.6. The van der Waals surface area contributed by atoms with E-state index in [-0.39, 0.29) is 5.97 Å². The molecule has 0 heterocycles. The lowest BCUT2D eigenvalue weighted by Gasteiger charge is -2.44. The molecule has 0 bridgehead atoms. The Bertz CT molecular complexity index is 2100. The fraction of sp³-hybridized carbons (Fsp3) is 0.0200. The van der Waals surface area contributed by atoms with Gasteiger partial charge in [0.15, 0.2) is 11.1 Å². The van der Waals surface area contributed by atoms with E-state index in [9.17, 15) is 4.79 Å². The summed E-state index contributed by atoms with van der Waals surface area (Å²) in [6.07, 6.45) is -1.22. The number of carbonyl (C=O) groups is 1. The van der Waals surface area contributed by atoms with E-state index in [0.717, 1.165) is 5.30 Å². The van der Waals surface area contributed by atoms with E-state index in [1.54, 1.807) is 0 Å². The average Bonchev–Trinajstić information content (AvgIpc) is 3.25. The smallest absolute Gasteiger partial charge is 0.308 e. The third-order valence-corrected chi connectivity index (χ3v) is 14.4. The van der Waals surface area contributed by atoms with Crippen molar-refractivity contribution >= 4 is 62.4 Å². The van der Waals surface area contributed by atoms with Crippen LogP contribution in [-0.2, 0) is 4.79 Å². The lowest BCUT2D eigenvalue weighted by Crippen LogP contribution is -2.74. The quantitative estimate of drug-likeness (QED) is 0.0679. The first-order valence-electron chi connectivity index (χ1n) is 18.4. The first kappa shape index (κ1) is 36.1. The Kier molecular flexibility index (Phi) is 11.4. The predicted molar refractivity (Wildman–Crippen MR) is 233 cm³/mol. The van der Waals surface area contributed by atoms with Gasteiger partial charge in [-0.15, -0.1) is 0 Å². The predicted octanol–water partition coefficient (Wildman–Crippen LogP) is 7.30. The average molecular weight is 717 g/mol. The lowest BCUT2D eigenvalue weighted by atomic mass is 9.13. The van der Waals surface area contributed by atoms with Gasteiger partial charge in [-0.2, -0.15) is 21.9 Å². The first-order valence-corrected chi connectivity index (χ1v) is 20.2. The number of para-hydroxylation sites is 1. The minimum atomic E-state index is -2.28. The van der Waals surface area contributed by atoms with Crippen LogP contribution in [0.3, 0.4) is 0 Å². The normalized spacial score (nSPS) is 11.1. The number of benzene rings is 8. The Morgan fingerprint density at radius 1 is 0.370 bits per heavy atom. The maximum Gasteiger partial charge on any atom is 0.308 e. The van der Waals surface area contributed by atoms with E-state index in [0.29, 0.717) is 5.75 Å². The molecule has 0 aliphatic heterocycles. The van der Waals surface area contributed by atoms with Gasteiger partial charge in [0.05, 0.1) is 0 Å². The maximum atomic E-state index is 11.9. The molecule has 54 heavy (non-hydrogen) atoms. The Morgan fingerprint density at radius 2 is 0.630 bits per heavy atom. The second-order valence-electron chi connectivity index (χ2n) is 13.2. The molecule has 0 amide bonds. The maximum absolute atomic E-state index is 11.9. The van der Waals surface area contributed by atoms with Crippen molar-refractivity contribution in [1.29, 1.82) is 0 Å². The lowest BCUT2D eigenvalue weighted by molar-refractivity contribution is -0.131. The van der Waals surface area contributed by atoms with E-state index < -0.39 is 13.4 Å². The standard InChI is InChI=1S/C26H22O2P.C24H20B/c1-21(27)28-25-19-11-12-20-26(25)29(22-13-5-2-6-14-22,23-15-7-3-8-16-23)24-17-9-4-10-18-24;1-5-13-21(14-6-1)25(22-15-7-2-8-16-22,23-17-9-3-10-18-23)24-19-11-4-12-20-24/h2-20H,1H3;1-20H/q+1;-1. The van der Waals surface area contributed by atoms with Crippen molar-refractivity contribution in [2.45, 2.75) is 6.92 Å². The summed E-state index contributed by atoms with van der Waals surface area (Å²) in [6, 6.07) is 83.1. The topological polar surface area (TPSA) is 26.3 Å². The summed E-state index contributed by atoms with van der Waals surface area (Å²) < 4.78 is 5.70. The number of esters is 1. The van der Waals surface area contributed by atoms with Crippen molar-refractivity contribution < 1.29 is 9.53 Å². The highest BCUT2D eigenvalue weighted by Crippen LogP contribution is 2.56. The summed E-state index contributed by atoms with van der Waals surface area (Å²) in [5.41, 5.74) is 5.36. The van der Waals surface area contributed by atoms with Crippen LogP contribution in [0.2, 0.25) is 0 Å². The molecule has 0 saturated carbocycles. The van der Waals surface area contributed by atoms with E-state index in [1.165, 1.54) is 44.7 Å². The summed E-state index contributed by atoms with van der Waals surface area (Å²) >= 11 is 0. The molecule has 0 radical (unpaired) electrons. The molecule has 0 fully saturated rings. The van der Waals surface area contributed by atoms with Crippen molar-refractivity contribution in [3.05, 3.63) is 237 Å². The van der Waals surface area contributed by atoms with E-state index in [4.69, 9.17) is 4.74 Å². The zero-order valence-corrected chi connectivity index (χ0v) is 31.3. The highest BCUT2D eigenvalue weighted by molar-refractivity contribution is 8.01. The van der Waals surface area contributed by atoms with Crippen LogP contribution in [0.4, 0.5) is 0 Å². The molecule has 2 nitrogen and oxygen atoms in total. The van der Waals surface area contributed by atoms with Gasteiger partial charge >= 0.3 is 5.97 Å². The Labute approximate surface area is 320 Å². The van der Waals surface area contributed by atoms with Gasteiger partial charge in [-0.05, 0) is 48.5 Å². The fourth-order valence-electron chi connectivity index (χ4n) is 7.92. The highest BCUT2D eigenvalue weighted by atomic mass is 31.2. The zero-order valence-electron chi connectivity index (χ0n) is 30.4. The van der Waals surface area contributed by atoms with Gasteiger partial charge in [0, 0.05) is 6.92 Å². The minimum Gasteiger partial charge on any atom is -0.422 e. The molecule has 0 saturated heterocycles. The van der Waals surface area contributed by atoms with Gasteiger partial charge in [0.2, 0.25) is 0 Å². The monoisotopic (exact) mass is 716 g/mol. The van der Waals surface area contributed by atoms with Crippen LogP contribution in [0.15, 0.2) is 237 Å². The summed E-state index contributed by atoms with van der Waals surface area (Å²) in [5, 5.41) is 4.70. The van der Waals surface area contributed by atoms with Crippen LogP contribution in [-0.4, -0.2) is 12.1 Å². The summed E-state index contributed by atoms with van der Waals surface area (Å²) in [5.74, 6) is 0.301. The van der Waals surface area contributed by atoms with Crippen LogP contribution in [0, 0.1) is 0 Å². The molecule has 0 spiro atoms. The molecule has 0 aromatic heterocycles. The van der Waals surface area contributed by atoms with Crippen LogP contribution in [0.25, 0.3) is 0 Å². The molecule has 0 N–H and O–H groups in total. The molecule has 0 unspecified atom stereocenters. The second kappa shape index (κ2) is 17.0. The molecule has 262 valence electrons. The highest BCUT2D eigenvalue weighted by Gasteiger charge is 2.50. The molecule has 4 heteroatoms. The molecule has 8 aromatic carbocycles. The van der Waals surface area contributed by atoms with Gasteiger partial charge in [0.1, 0.15) is 29.3 Å². The largest absolute Gasteiger partial charge is 0.422 e. The fourth-order valence-corrected chi connectivity index (χ4v) is 12.3. The summed E-state index contributed by atoms with van der Waals surface area (Å²) in [6.45, 7) is 1.45. The van der Waals surface area contributed by atoms with E-state index >= 15 is 0 Å². The summed E-state index contributed by atoms with van der Waals surface area (Å²) in [4.78, 5) is 11.9. The summed E-state index contributed by atoms with van der Waals surface area (Å²) in [7, 11) is -2.28. The van der Waals surface area contributed by atoms with Crippen molar-refractivity contribution in [1.82, 2.24) is 0 Å². The number of carbonyl (C=O) groups excluding carboxylic acids is 1. The van der Waals surface area contributed by atoms with Gasteiger partial charge in [-0.25, -0.2) is 0 Å². The molecule has 8 aromatic rings. The SMILES string of the molecule is CC(=O)Oc1ccccc1[P+](c1ccccc1)(c1ccccc1)c1ccccc1.c1ccc([B-](c2ccccc2)(c2ccccc2)c2ccccc2)cc1. The van der Waals surface area contributed by atoms with Gasteiger partial charge in [-0.3, -0.25) is 4.79 Å². The van der Waals surface area contributed by atoms with Crippen molar-refractivity contribution in [2.75, 3.05) is 0 Å². The molecular weight excluding hydrogens is 674 g/mol. The van der Waals surface area contributed by atoms with Crippen LogP contribution in [0.1, 0.15) is 6.92 Å². The van der Waals surface area contributed by atoms with Crippen LogP contribution < -0.4 is 47.8 Å². The number of ether oxygens (including phenoxy) is 1. The van der Waals surface area contributed by atoms with Crippen molar-refractivity contribution in [2.24, 2.45) is 0 Å².